The lowest BCUT2D eigenvalue weighted by atomic mass is 10.2. The topological polar surface area (TPSA) is 70.4 Å². The van der Waals surface area contributed by atoms with Gasteiger partial charge in [-0.3, -0.25) is 14.2 Å². The van der Waals surface area contributed by atoms with Crippen molar-refractivity contribution in [3.8, 4) is 0 Å². The summed E-state index contributed by atoms with van der Waals surface area (Å²) in [7, 11) is 1.64. The lowest BCUT2D eigenvalue weighted by molar-refractivity contribution is -0.154. The number of carbonyl (C=O) groups excluding carboxylic acids is 1. The Labute approximate surface area is 134 Å². The molecular formula is C17H20N2O4. The van der Waals surface area contributed by atoms with E-state index in [0.717, 1.165) is 19.3 Å². The average molecular weight is 316 g/mol. The molecule has 0 spiro atoms. The van der Waals surface area contributed by atoms with Crippen LogP contribution in [0.25, 0.3) is 10.9 Å². The van der Waals surface area contributed by atoms with Crippen molar-refractivity contribution in [2.75, 3.05) is 7.11 Å². The van der Waals surface area contributed by atoms with Crippen molar-refractivity contribution in [2.45, 2.75) is 44.4 Å². The second kappa shape index (κ2) is 6.91. The number of aromatic nitrogens is 2. The molecule has 1 heterocycles. The summed E-state index contributed by atoms with van der Waals surface area (Å²) in [6.07, 6.45) is 4.20. The molecule has 122 valence electrons. The second-order valence-corrected chi connectivity index (χ2v) is 5.74. The van der Waals surface area contributed by atoms with Crippen LogP contribution in [0.3, 0.4) is 0 Å². The van der Waals surface area contributed by atoms with Gasteiger partial charge in [0.25, 0.3) is 5.56 Å². The summed E-state index contributed by atoms with van der Waals surface area (Å²) in [5.74, 6) is -0.306. The highest BCUT2D eigenvalue weighted by Crippen LogP contribution is 2.24. The van der Waals surface area contributed by atoms with Crippen LogP contribution in [0.15, 0.2) is 35.4 Å². The van der Waals surface area contributed by atoms with E-state index in [1.807, 2.05) is 6.07 Å². The summed E-state index contributed by atoms with van der Waals surface area (Å²) in [5, 5.41) is 0.554. The predicted molar refractivity (Wildman–Crippen MR) is 85.1 cm³/mol. The fourth-order valence-electron chi connectivity index (χ4n) is 3.00. The summed E-state index contributed by atoms with van der Waals surface area (Å²) < 4.78 is 12.2. The molecule has 2 atom stereocenters. The van der Waals surface area contributed by atoms with Gasteiger partial charge in [-0.15, -0.1) is 0 Å². The molecule has 0 saturated heterocycles. The number of carbonyl (C=O) groups is 1. The molecule has 1 saturated carbocycles. The van der Waals surface area contributed by atoms with E-state index in [1.165, 1.54) is 10.9 Å². The van der Waals surface area contributed by atoms with Crippen molar-refractivity contribution in [1.29, 1.82) is 0 Å². The molecule has 6 heteroatoms. The summed E-state index contributed by atoms with van der Waals surface area (Å²) in [5.41, 5.74) is 0.518. The first kappa shape index (κ1) is 15.7. The van der Waals surface area contributed by atoms with Crippen LogP contribution in [0.5, 0.6) is 0 Å². The molecule has 1 aliphatic carbocycles. The summed E-state index contributed by atoms with van der Waals surface area (Å²) in [6, 6.07) is 7.17. The first-order valence-electron chi connectivity index (χ1n) is 7.85. The number of nitrogens with zero attached hydrogens (tertiary/aromatic N) is 2. The minimum absolute atomic E-state index is 0.0102. The third-order valence-corrected chi connectivity index (χ3v) is 4.27. The van der Waals surface area contributed by atoms with Crippen molar-refractivity contribution in [3.63, 3.8) is 0 Å². The highest BCUT2D eigenvalue weighted by atomic mass is 16.6. The number of aryl methyl sites for hydroxylation is 1. The molecule has 0 unspecified atom stereocenters. The lowest BCUT2D eigenvalue weighted by Gasteiger charge is -2.18. The highest BCUT2D eigenvalue weighted by Gasteiger charge is 2.30. The smallest absolute Gasteiger partial charge is 0.307 e. The van der Waals surface area contributed by atoms with Crippen LogP contribution >= 0.6 is 0 Å². The molecule has 1 aromatic heterocycles. The van der Waals surface area contributed by atoms with E-state index in [4.69, 9.17) is 9.47 Å². The maximum Gasteiger partial charge on any atom is 0.307 e. The summed E-state index contributed by atoms with van der Waals surface area (Å²) in [6.45, 7) is 0.264. The molecule has 0 N–H and O–H groups in total. The van der Waals surface area contributed by atoms with Crippen LogP contribution in [-0.2, 0) is 20.8 Å². The number of esters is 1. The number of fused-ring (bicyclic) bond motifs is 1. The van der Waals surface area contributed by atoms with E-state index in [1.54, 1.807) is 25.3 Å². The minimum atomic E-state index is -0.306. The number of methoxy groups -OCH3 is 1. The number of hydrogen-bond acceptors (Lipinski definition) is 5. The van der Waals surface area contributed by atoms with Crippen molar-refractivity contribution >= 4 is 16.9 Å². The molecule has 0 aliphatic heterocycles. The van der Waals surface area contributed by atoms with Crippen molar-refractivity contribution < 1.29 is 14.3 Å². The zero-order chi connectivity index (χ0) is 16.2. The number of rotatable bonds is 5. The van der Waals surface area contributed by atoms with Crippen LogP contribution in [0.4, 0.5) is 0 Å². The van der Waals surface area contributed by atoms with Gasteiger partial charge < -0.3 is 9.47 Å². The number of ether oxygens (including phenoxy) is 2. The standard InChI is InChI=1S/C17H20N2O4/c1-22-14-7-4-8-15(14)23-16(20)9-10-19-11-18-13-6-3-2-5-12(13)17(19)21/h2-3,5-6,11,14-15H,4,7-10H2,1H3/t14-,15+/m0/s1. The SMILES string of the molecule is CO[C@H]1CCC[C@H]1OC(=O)CCn1cnc2ccccc2c1=O. The molecule has 1 aromatic carbocycles. The first-order valence-corrected chi connectivity index (χ1v) is 7.85. The monoisotopic (exact) mass is 316 g/mol. The Hall–Kier alpha value is -2.21. The van der Waals surface area contributed by atoms with Crippen molar-refractivity contribution in [2.24, 2.45) is 0 Å². The molecule has 3 rings (SSSR count). The van der Waals surface area contributed by atoms with Crippen molar-refractivity contribution in [1.82, 2.24) is 9.55 Å². The van der Waals surface area contributed by atoms with Crippen LogP contribution < -0.4 is 5.56 Å². The second-order valence-electron chi connectivity index (χ2n) is 5.74. The summed E-state index contributed by atoms with van der Waals surface area (Å²) in [4.78, 5) is 28.6. The first-order chi connectivity index (χ1) is 11.2. The lowest BCUT2D eigenvalue weighted by Crippen LogP contribution is -2.29. The van der Waals surface area contributed by atoms with E-state index in [9.17, 15) is 9.59 Å². The van der Waals surface area contributed by atoms with Crippen molar-refractivity contribution in [3.05, 3.63) is 40.9 Å². The molecule has 23 heavy (non-hydrogen) atoms. The third-order valence-electron chi connectivity index (χ3n) is 4.27. The van der Waals surface area contributed by atoms with Gasteiger partial charge in [-0.2, -0.15) is 0 Å². The van der Waals surface area contributed by atoms with Gasteiger partial charge in [0.2, 0.25) is 0 Å². The number of para-hydroxylation sites is 1. The van der Waals surface area contributed by atoms with E-state index in [-0.39, 0.29) is 36.7 Å². The van der Waals surface area contributed by atoms with Gasteiger partial charge >= 0.3 is 5.97 Å². The van der Waals surface area contributed by atoms with Gasteiger partial charge in [0.15, 0.2) is 0 Å². The summed E-state index contributed by atoms with van der Waals surface area (Å²) >= 11 is 0. The quantitative estimate of drug-likeness (QED) is 0.788. The molecule has 0 radical (unpaired) electrons. The molecule has 1 aliphatic rings. The van der Waals surface area contributed by atoms with Gasteiger partial charge in [-0.25, -0.2) is 4.98 Å². The molecular weight excluding hydrogens is 296 g/mol. The number of benzene rings is 1. The van der Waals surface area contributed by atoms with E-state index < -0.39 is 0 Å². The fourth-order valence-corrected chi connectivity index (χ4v) is 3.00. The Bertz CT molecular complexity index is 756. The van der Waals surface area contributed by atoms with Crippen LogP contribution in [0.1, 0.15) is 25.7 Å². The zero-order valence-electron chi connectivity index (χ0n) is 13.1. The number of hydrogen-bond donors (Lipinski definition) is 0. The Balaban J connectivity index is 1.63. The molecule has 0 amide bonds. The van der Waals surface area contributed by atoms with Gasteiger partial charge in [0.05, 0.1) is 29.8 Å². The minimum Gasteiger partial charge on any atom is -0.460 e. The van der Waals surface area contributed by atoms with E-state index in [0.29, 0.717) is 10.9 Å². The van der Waals surface area contributed by atoms with Gasteiger partial charge in [0, 0.05) is 13.7 Å². The maximum atomic E-state index is 12.3. The Morgan fingerprint density at radius 1 is 1.30 bits per heavy atom. The molecule has 0 bridgehead atoms. The van der Waals surface area contributed by atoms with E-state index >= 15 is 0 Å². The fraction of sp³-hybridized carbons (Fsp3) is 0.471. The molecule has 2 aromatic rings. The normalized spacial score (nSPS) is 20.7. The Kier molecular flexibility index (Phi) is 4.71. The van der Waals surface area contributed by atoms with Gasteiger partial charge in [0.1, 0.15) is 6.10 Å². The zero-order valence-corrected chi connectivity index (χ0v) is 13.1. The Morgan fingerprint density at radius 3 is 2.91 bits per heavy atom. The van der Waals surface area contributed by atoms with Crippen LogP contribution in [-0.4, -0.2) is 34.8 Å². The molecule has 6 nitrogen and oxygen atoms in total. The van der Waals surface area contributed by atoms with E-state index in [2.05, 4.69) is 4.98 Å². The maximum absolute atomic E-state index is 12.3. The third kappa shape index (κ3) is 3.42. The predicted octanol–water partition coefficient (Wildman–Crippen LogP) is 1.90. The Morgan fingerprint density at radius 2 is 2.09 bits per heavy atom. The van der Waals surface area contributed by atoms with Crippen LogP contribution in [0.2, 0.25) is 0 Å². The van der Waals surface area contributed by atoms with Gasteiger partial charge in [-0.1, -0.05) is 12.1 Å². The molecule has 1 fully saturated rings. The highest BCUT2D eigenvalue weighted by molar-refractivity contribution is 5.77. The largest absolute Gasteiger partial charge is 0.460 e. The average Bonchev–Trinajstić information content (AvgIpc) is 3.01. The van der Waals surface area contributed by atoms with Gasteiger partial charge in [-0.05, 0) is 31.4 Å². The van der Waals surface area contributed by atoms with Crippen LogP contribution in [0, 0.1) is 0 Å².